The van der Waals surface area contributed by atoms with E-state index in [4.69, 9.17) is 4.74 Å². The van der Waals surface area contributed by atoms with Gasteiger partial charge in [-0.15, -0.1) is 0 Å². The van der Waals surface area contributed by atoms with Crippen molar-refractivity contribution >= 4 is 16.6 Å². The van der Waals surface area contributed by atoms with Crippen LogP contribution in [0.1, 0.15) is 55.3 Å². The fourth-order valence-electron chi connectivity index (χ4n) is 5.68. The molecule has 0 amide bonds. The number of piperidine rings is 1. The van der Waals surface area contributed by atoms with Crippen molar-refractivity contribution < 1.29 is 4.74 Å². The Balaban J connectivity index is 1.37. The van der Waals surface area contributed by atoms with Gasteiger partial charge in [0.05, 0.1) is 24.9 Å². The number of hydrogen-bond acceptors (Lipinski definition) is 3. The fraction of sp³-hybridized carbons (Fsp3) is 0.444. The van der Waals surface area contributed by atoms with E-state index in [1.165, 1.54) is 64.9 Å². The molecule has 0 bridgehead atoms. The van der Waals surface area contributed by atoms with E-state index >= 15 is 0 Å². The van der Waals surface area contributed by atoms with E-state index < -0.39 is 0 Å². The van der Waals surface area contributed by atoms with Gasteiger partial charge in [0.25, 0.3) is 0 Å². The third kappa shape index (κ3) is 3.26. The standard InChI is InChI=1S/C27H32N4O/c1-17(2)26-23-13-20(19-6-9-30(10-7-19)22-15-32-16-22)4-5-24(23)29-27(26)21-12-18(3)31-11-8-28-25(31)14-21/h4-5,8,11-14,17,19,22,29H,6-7,9-10,15-16H2,1-3H3. The lowest BCUT2D eigenvalue weighted by molar-refractivity contribution is -0.0712. The second-order valence-corrected chi connectivity index (χ2v) is 9.92. The molecule has 2 fully saturated rings. The van der Waals surface area contributed by atoms with Gasteiger partial charge in [-0.05, 0) is 80.1 Å². The van der Waals surface area contributed by atoms with Crippen molar-refractivity contribution in [2.75, 3.05) is 26.3 Å². The maximum absolute atomic E-state index is 5.40. The first-order chi connectivity index (χ1) is 15.6. The van der Waals surface area contributed by atoms with Crippen molar-refractivity contribution in [1.29, 1.82) is 0 Å². The lowest BCUT2D eigenvalue weighted by Gasteiger charge is -2.41. The summed E-state index contributed by atoms with van der Waals surface area (Å²) in [5, 5.41) is 1.38. The monoisotopic (exact) mass is 428 g/mol. The first-order valence-electron chi connectivity index (χ1n) is 12.0. The molecule has 166 valence electrons. The molecule has 0 atom stereocenters. The zero-order valence-electron chi connectivity index (χ0n) is 19.3. The number of aromatic amines is 1. The topological polar surface area (TPSA) is 45.6 Å². The summed E-state index contributed by atoms with van der Waals surface area (Å²) in [7, 11) is 0. The molecule has 5 nitrogen and oxygen atoms in total. The zero-order valence-corrected chi connectivity index (χ0v) is 19.3. The molecular weight excluding hydrogens is 396 g/mol. The van der Waals surface area contributed by atoms with Crippen LogP contribution in [0, 0.1) is 6.92 Å². The lowest BCUT2D eigenvalue weighted by atomic mass is 9.87. The minimum atomic E-state index is 0.436. The molecule has 0 radical (unpaired) electrons. The highest BCUT2D eigenvalue weighted by Crippen LogP contribution is 2.39. The number of pyridine rings is 1. The summed E-state index contributed by atoms with van der Waals surface area (Å²) < 4.78 is 7.54. The van der Waals surface area contributed by atoms with Crippen LogP contribution in [-0.2, 0) is 4.74 Å². The van der Waals surface area contributed by atoms with Crippen molar-refractivity contribution in [3.63, 3.8) is 0 Å². The SMILES string of the molecule is Cc1cc(-c2[nH]c3ccc(C4CCN(C5COC5)CC4)cc3c2C(C)C)cc2nccn12. The van der Waals surface area contributed by atoms with Gasteiger partial charge in [0.1, 0.15) is 5.65 Å². The number of imidazole rings is 1. The van der Waals surface area contributed by atoms with E-state index in [2.05, 4.69) is 70.4 Å². The second-order valence-electron chi connectivity index (χ2n) is 9.92. The Kier molecular flexibility index (Phi) is 4.85. The van der Waals surface area contributed by atoms with Gasteiger partial charge >= 0.3 is 0 Å². The van der Waals surface area contributed by atoms with Gasteiger partial charge in [0.2, 0.25) is 0 Å². The fourth-order valence-corrected chi connectivity index (χ4v) is 5.68. The first kappa shape index (κ1) is 20.0. The van der Waals surface area contributed by atoms with Crippen molar-refractivity contribution in [3.8, 4) is 11.3 Å². The summed E-state index contributed by atoms with van der Waals surface area (Å²) in [4.78, 5) is 10.9. The van der Waals surface area contributed by atoms with Gasteiger partial charge in [0.15, 0.2) is 0 Å². The number of H-pyrrole nitrogens is 1. The van der Waals surface area contributed by atoms with E-state index in [1.807, 2.05) is 12.4 Å². The van der Waals surface area contributed by atoms with Crippen LogP contribution in [0.3, 0.4) is 0 Å². The molecule has 3 aromatic heterocycles. The number of nitrogens with one attached hydrogen (secondary N) is 1. The summed E-state index contributed by atoms with van der Waals surface area (Å²) in [5.74, 6) is 1.09. The number of nitrogens with zero attached hydrogens (tertiary/aromatic N) is 3. The summed E-state index contributed by atoms with van der Waals surface area (Å²) in [5.41, 5.74) is 8.80. The maximum Gasteiger partial charge on any atom is 0.137 e. The average Bonchev–Trinajstić information content (AvgIpc) is 3.37. The Morgan fingerprint density at radius 2 is 1.91 bits per heavy atom. The summed E-state index contributed by atoms with van der Waals surface area (Å²) >= 11 is 0. The highest BCUT2D eigenvalue weighted by molar-refractivity contribution is 5.92. The van der Waals surface area contributed by atoms with E-state index in [0.717, 1.165) is 18.9 Å². The molecule has 0 saturated carbocycles. The molecule has 2 aliphatic rings. The molecule has 0 spiro atoms. The average molecular weight is 429 g/mol. The molecule has 5 heteroatoms. The first-order valence-corrected chi connectivity index (χ1v) is 12.0. The van der Waals surface area contributed by atoms with E-state index in [-0.39, 0.29) is 0 Å². The Morgan fingerprint density at radius 1 is 1.09 bits per heavy atom. The summed E-state index contributed by atoms with van der Waals surface area (Å²) in [6, 6.07) is 12.2. The normalized spacial score (nSPS) is 18.8. The minimum absolute atomic E-state index is 0.436. The second kappa shape index (κ2) is 7.75. The minimum Gasteiger partial charge on any atom is -0.378 e. The number of aryl methyl sites for hydroxylation is 1. The number of likely N-dealkylation sites (tertiary alicyclic amines) is 1. The van der Waals surface area contributed by atoms with Crippen molar-refractivity contribution in [1.82, 2.24) is 19.3 Å². The Bertz CT molecular complexity index is 1270. The van der Waals surface area contributed by atoms with E-state index in [0.29, 0.717) is 17.9 Å². The van der Waals surface area contributed by atoms with Crippen LogP contribution in [0.25, 0.3) is 27.8 Å². The maximum atomic E-state index is 5.40. The van der Waals surface area contributed by atoms with Gasteiger partial charge in [-0.3, -0.25) is 4.90 Å². The highest BCUT2D eigenvalue weighted by Gasteiger charge is 2.30. The van der Waals surface area contributed by atoms with Gasteiger partial charge in [-0.1, -0.05) is 19.9 Å². The summed E-state index contributed by atoms with van der Waals surface area (Å²) in [6.45, 7) is 11.0. The van der Waals surface area contributed by atoms with Crippen LogP contribution in [-0.4, -0.2) is 51.6 Å². The van der Waals surface area contributed by atoms with Crippen molar-refractivity contribution in [2.24, 2.45) is 0 Å². The Morgan fingerprint density at radius 3 is 2.62 bits per heavy atom. The van der Waals surface area contributed by atoms with E-state index in [1.54, 1.807) is 0 Å². The molecular formula is C27H32N4O. The number of rotatable bonds is 4. The van der Waals surface area contributed by atoms with Gasteiger partial charge in [0, 0.05) is 34.6 Å². The van der Waals surface area contributed by atoms with Crippen LogP contribution in [0.4, 0.5) is 0 Å². The highest BCUT2D eigenvalue weighted by atomic mass is 16.5. The molecule has 6 rings (SSSR count). The predicted molar refractivity (Wildman–Crippen MR) is 129 cm³/mol. The van der Waals surface area contributed by atoms with Gasteiger partial charge in [-0.25, -0.2) is 4.98 Å². The molecule has 1 N–H and O–H groups in total. The number of benzene rings is 1. The van der Waals surface area contributed by atoms with Crippen molar-refractivity contribution in [3.05, 3.63) is 59.5 Å². The molecule has 32 heavy (non-hydrogen) atoms. The molecule has 2 aliphatic heterocycles. The van der Waals surface area contributed by atoms with Crippen molar-refractivity contribution in [2.45, 2.75) is 51.5 Å². The number of aromatic nitrogens is 3. The molecule has 0 aliphatic carbocycles. The third-order valence-electron chi connectivity index (χ3n) is 7.56. The molecule has 0 unspecified atom stereocenters. The largest absolute Gasteiger partial charge is 0.378 e. The Labute approximate surface area is 189 Å². The molecule has 5 heterocycles. The van der Waals surface area contributed by atoms with E-state index in [9.17, 15) is 0 Å². The molecule has 2 saturated heterocycles. The molecule has 4 aromatic rings. The van der Waals surface area contributed by atoms with Crippen LogP contribution >= 0.6 is 0 Å². The smallest absolute Gasteiger partial charge is 0.137 e. The number of fused-ring (bicyclic) bond motifs is 2. The van der Waals surface area contributed by atoms with Crippen LogP contribution in [0.2, 0.25) is 0 Å². The van der Waals surface area contributed by atoms with Gasteiger partial charge in [-0.2, -0.15) is 0 Å². The third-order valence-corrected chi connectivity index (χ3v) is 7.56. The lowest BCUT2D eigenvalue weighted by Crippen LogP contribution is -2.51. The molecule has 1 aromatic carbocycles. The zero-order chi connectivity index (χ0) is 21.8. The Hall–Kier alpha value is -2.63. The summed E-state index contributed by atoms with van der Waals surface area (Å²) in [6.07, 6.45) is 6.38. The van der Waals surface area contributed by atoms with Gasteiger partial charge < -0.3 is 14.1 Å². The predicted octanol–water partition coefficient (Wildman–Crippen LogP) is 5.49. The quantitative estimate of drug-likeness (QED) is 0.467. The number of ether oxygens (including phenoxy) is 1. The van der Waals surface area contributed by atoms with Crippen LogP contribution in [0.15, 0.2) is 42.7 Å². The van der Waals surface area contributed by atoms with Crippen LogP contribution in [0.5, 0.6) is 0 Å². The van der Waals surface area contributed by atoms with Crippen LogP contribution < -0.4 is 0 Å². The number of hydrogen-bond donors (Lipinski definition) is 1.